The maximum Gasteiger partial charge on any atom is 0.264 e. The maximum atomic E-state index is 13.4. The van der Waals surface area contributed by atoms with Gasteiger partial charge in [0.2, 0.25) is 0 Å². The van der Waals surface area contributed by atoms with Crippen LogP contribution in [0.1, 0.15) is 59.8 Å². The van der Waals surface area contributed by atoms with Gasteiger partial charge in [-0.1, -0.05) is 44.2 Å². The van der Waals surface area contributed by atoms with Crippen LogP contribution in [0.4, 0.5) is 5.69 Å². The summed E-state index contributed by atoms with van der Waals surface area (Å²) in [5, 5.41) is 11.9. The Hall–Kier alpha value is -4.11. The van der Waals surface area contributed by atoms with Gasteiger partial charge < -0.3 is 15.0 Å². The number of nitriles is 1. The molecule has 1 N–H and O–H groups in total. The highest BCUT2D eigenvalue weighted by molar-refractivity contribution is 6.04. The van der Waals surface area contributed by atoms with Gasteiger partial charge in [0.1, 0.15) is 5.75 Å². The van der Waals surface area contributed by atoms with Gasteiger partial charge in [0.15, 0.2) is 6.10 Å². The summed E-state index contributed by atoms with van der Waals surface area (Å²) in [4.78, 5) is 28.0. The molecule has 34 heavy (non-hydrogen) atoms. The molecule has 6 nitrogen and oxygen atoms in total. The van der Waals surface area contributed by atoms with Crippen LogP contribution in [-0.4, -0.2) is 22.8 Å². The van der Waals surface area contributed by atoms with Crippen molar-refractivity contribution >= 4 is 17.5 Å². The number of hydrogen-bond donors (Lipinski definition) is 1. The summed E-state index contributed by atoms with van der Waals surface area (Å²) in [6.07, 6.45) is 0.784. The van der Waals surface area contributed by atoms with Crippen LogP contribution in [0.3, 0.4) is 0 Å². The standard InChI is InChI=1S/C28H27N3O3/c1-3-24(20-8-6-5-7-9-20)31-18-22-16-23(14-15-26(22)34-25(4-2)28(31)33)30-27(32)21-12-10-19(17-29)11-13-21/h5-16,24-25H,3-4,18H2,1-2H3,(H,30,32)/t24-,25-/m1/s1. The quantitative estimate of drug-likeness (QED) is 0.537. The fraction of sp³-hybridized carbons (Fsp3) is 0.250. The molecule has 172 valence electrons. The molecule has 1 aliphatic heterocycles. The van der Waals surface area contributed by atoms with Gasteiger partial charge in [-0.05, 0) is 60.9 Å². The minimum absolute atomic E-state index is 0.0300. The number of anilines is 1. The van der Waals surface area contributed by atoms with E-state index in [2.05, 4.69) is 12.2 Å². The summed E-state index contributed by atoms with van der Waals surface area (Å²) >= 11 is 0. The number of amides is 2. The number of carbonyl (C=O) groups excluding carboxylic acids is 2. The lowest BCUT2D eigenvalue weighted by molar-refractivity contribution is -0.141. The molecule has 1 aliphatic rings. The molecule has 0 fully saturated rings. The van der Waals surface area contributed by atoms with Crippen LogP contribution < -0.4 is 10.1 Å². The summed E-state index contributed by atoms with van der Waals surface area (Å²) < 4.78 is 6.11. The topological polar surface area (TPSA) is 82.4 Å². The lowest BCUT2D eigenvalue weighted by Gasteiger charge is -2.32. The largest absolute Gasteiger partial charge is 0.480 e. The predicted molar refractivity (Wildman–Crippen MR) is 130 cm³/mol. The molecule has 0 aliphatic carbocycles. The minimum Gasteiger partial charge on any atom is -0.480 e. The van der Waals surface area contributed by atoms with E-state index in [1.807, 2.05) is 60.4 Å². The van der Waals surface area contributed by atoms with Crippen molar-refractivity contribution in [1.82, 2.24) is 4.90 Å². The Morgan fingerprint density at radius 1 is 1.12 bits per heavy atom. The number of nitrogens with one attached hydrogen (secondary N) is 1. The number of carbonyl (C=O) groups is 2. The Kier molecular flexibility index (Phi) is 6.93. The van der Waals surface area contributed by atoms with Gasteiger partial charge in [0, 0.05) is 16.8 Å². The second-order valence-electron chi connectivity index (χ2n) is 8.28. The van der Waals surface area contributed by atoms with E-state index in [1.165, 1.54) is 0 Å². The van der Waals surface area contributed by atoms with Gasteiger partial charge in [-0.15, -0.1) is 0 Å². The van der Waals surface area contributed by atoms with E-state index in [-0.39, 0.29) is 17.9 Å². The van der Waals surface area contributed by atoms with Crippen LogP contribution in [-0.2, 0) is 11.3 Å². The Morgan fingerprint density at radius 3 is 2.50 bits per heavy atom. The zero-order valence-corrected chi connectivity index (χ0v) is 19.3. The number of benzene rings is 3. The first-order valence-corrected chi connectivity index (χ1v) is 11.5. The van der Waals surface area contributed by atoms with E-state index in [0.29, 0.717) is 35.5 Å². The van der Waals surface area contributed by atoms with E-state index in [9.17, 15) is 9.59 Å². The predicted octanol–water partition coefficient (Wildman–Crippen LogP) is 5.46. The molecule has 0 radical (unpaired) electrons. The van der Waals surface area contributed by atoms with E-state index in [4.69, 9.17) is 10.00 Å². The van der Waals surface area contributed by atoms with Crippen molar-refractivity contribution in [3.8, 4) is 11.8 Å². The number of ether oxygens (including phenoxy) is 1. The van der Waals surface area contributed by atoms with Crippen LogP contribution in [0, 0.1) is 11.3 Å². The normalized spacial score (nSPS) is 16.0. The van der Waals surface area contributed by atoms with Gasteiger partial charge in [-0.2, -0.15) is 5.26 Å². The Bertz CT molecular complexity index is 1220. The van der Waals surface area contributed by atoms with E-state index in [0.717, 1.165) is 17.5 Å². The fourth-order valence-corrected chi connectivity index (χ4v) is 4.28. The smallest absolute Gasteiger partial charge is 0.264 e. The molecular formula is C28H27N3O3. The van der Waals surface area contributed by atoms with Crippen molar-refractivity contribution in [2.75, 3.05) is 5.32 Å². The molecule has 0 aromatic heterocycles. The van der Waals surface area contributed by atoms with Crippen LogP contribution in [0.25, 0.3) is 0 Å². The van der Waals surface area contributed by atoms with Gasteiger partial charge in [-0.3, -0.25) is 9.59 Å². The third-order valence-corrected chi connectivity index (χ3v) is 6.08. The number of hydrogen-bond acceptors (Lipinski definition) is 4. The summed E-state index contributed by atoms with van der Waals surface area (Å²) in [6, 6.07) is 23.9. The highest BCUT2D eigenvalue weighted by atomic mass is 16.5. The molecule has 4 rings (SSSR count). The van der Waals surface area contributed by atoms with Crippen LogP contribution in [0.5, 0.6) is 5.75 Å². The molecule has 3 aromatic carbocycles. The summed E-state index contributed by atoms with van der Waals surface area (Å²) in [5.74, 6) is 0.355. The minimum atomic E-state index is -0.557. The molecule has 3 aromatic rings. The second-order valence-corrected chi connectivity index (χ2v) is 8.28. The van der Waals surface area contributed by atoms with Gasteiger partial charge >= 0.3 is 0 Å². The number of fused-ring (bicyclic) bond motifs is 1. The molecule has 2 amide bonds. The number of nitrogens with zero attached hydrogens (tertiary/aromatic N) is 2. The lowest BCUT2D eigenvalue weighted by Crippen LogP contribution is -2.41. The Balaban J connectivity index is 1.63. The van der Waals surface area contributed by atoms with Crippen molar-refractivity contribution in [2.24, 2.45) is 0 Å². The van der Waals surface area contributed by atoms with Crippen molar-refractivity contribution < 1.29 is 14.3 Å². The van der Waals surface area contributed by atoms with Gasteiger partial charge in [-0.25, -0.2) is 0 Å². The van der Waals surface area contributed by atoms with Crippen molar-refractivity contribution in [1.29, 1.82) is 5.26 Å². The third-order valence-electron chi connectivity index (χ3n) is 6.08. The van der Waals surface area contributed by atoms with Crippen LogP contribution in [0.2, 0.25) is 0 Å². The monoisotopic (exact) mass is 453 g/mol. The summed E-state index contributed by atoms with van der Waals surface area (Å²) in [5.41, 5.74) is 3.51. The Labute approximate surface area is 199 Å². The maximum absolute atomic E-state index is 13.4. The summed E-state index contributed by atoms with van der Waals surface area (Å²) in [7, 11) is 0. The molecule has 1 heterocycles. The molecule has 0 saturated carbocycles. The van der Waals surface area contributed by atoms with Gasteiger partial charge in [0.25, 0.3) is 11.8 Å². The third kappa shape index (κ3) is 4.79. The first-order chi connectivity index (χ1) is 16.5. The fourth-order valence-electron chi connectivity index (χ4n) is 4.28. The summed E-state index contributed by atoms with van der Waals surface area (Å²) in [6.45, 7) is 4.41. The highest BCUT2D eigenvalue weighted by Gasteiger charge is 2.34. The van der Waals surface area contributed by atoms with E-state index < -0.39 is 6.10 Å². The van der Waals surface area contributed by atoms with E-state index in [1.54, 1.807) is 30.3 Å². The van der Waals surface area contributed by atoms with Crippen LogP contribution >= 0.6 is 0 Å². The first-order valence-electron chi connectivity index (χ1n) is 11.5. The van der Waals surface area contributed by atoms with Crippen molar-refractivity contribution in [3.63, 3.8) is 0 Å². The zero-order valence-electron chi connectivity index (χ0n) is 19.3. The molecule has 0 saturated heterocycles. The molecular weight excluding hydrogens is 426 g/mol. The average Bonchev–Trinajstić information content (AvgIpc) is 3.01. The Morgan fingerprint density at radius 2 is 1.85 bits per heavy atom. The first kappa shape index (κ1) is 23.1. The SMILES string of the molecule is CC[C@H](c1ccccc1)N1Cc2cc(NC(=O)c3ccc(C#N)cc3)ccc2O[C@H](CC)C1=O. The molecule has 0 unspecified atom stereocenters. The van der Waals surface area contributed by atoms with Gasteiger partial charge in [0.05, 0.1) is 24.2 Å². The molecule has 6 heteroatoms. The van der Waals surface area contributed by atoms with Crippen LogP contribution in [0.15, 0.2) is 72.8 Å². The second kappa shape index (κ2) is 10.2. The molecule has 0 bridgehead atoms. The zero-order chi connectivity index (χ0) is 24.1. The van der Waals surface area contributed by atoms with Crippen molar-refractivity contribution in [2.45, 2.75) is 45.4 Å². The number of rotatable bonds is 6. The molecule has 2 atom stereocenters. The van der Waals surface area contributed by atoms with Crippen molar-refractivity contribution in [3.05, 3.63) is 95.1 Å². The van der Waals surface area contributed by atoms with E-state index >= 15 is 0 Å². The average molecular weight is 454 g/mol. The highest BCUT2D eigenvalue weighted by Crippen LogP contribution is 2.34. The lowest BCUT2D eigenvalue weighted by atomic mass is 10.0. The molecule has 0 spiro atoms.